The van der Waals surface area contributed by atoms with Gasteiger partial charge >= 0.3 is 0 Å². The van der Waals surface area contributed by atoms with Gasteiger partial charge < -0.3 is 29.6 Å². The number of aryl methyl sites for hydroxylation is 1. The normalized spacial score (nSPS) is 11.8. The van der Waals surface area contributed by atoms with E-state index in [1.54, 1.807) is 7.11 Å². The third kappa shape index (κ3) is 5.50. The standard InChI is InChI=1S/C25H26N2O5/c1-17-3-7-20(8-4-17)27-25(28)15-30-21-9-5-18(11-23(21)29-2)13-26-14-19-6-10-22-24(12-19)32-16-31-22/h3-12,26H,13-16H2,1-2H3,(H,27,28). The summed E-state index contributed by atoms with van der Waals surface area (Å²) in [4.78, 5) is 12.2. The summed E-state index contributed by atoms with van der Waals surface area (Å²) >= 11 is 0. The van der Waals surface area contributed by atoms with Crippen LogP contribution in [0.3, 0.4) is 0 Å². The van der Waals surface area contributed by atoms with Crippen molar-refractivity contribution in [2.24, 2.45) is 0 Å². The van der Waals surface area contributed by atoms with E-state index < -0.39 is 0 Å². The van der Waals surface area contributed by atoms with Gasteiger partial charge in [-0.3, -0.25) is 4.79 Å². The molecule has 0 unspecified atom stereocenters. The summed E-state index contributed by atoms with van der Waals surface area (Å²) in [6, 6.07) is 19.2. The highest BCUT2D eigenvalue weighted by molar-refractivity contribution is 5.91. The van der Waals surface area contributed by atoms with Crippen LogP contribution < -0.4 is 29.6 Å². The lowest BCUT2D eigenvalue weighted by Gasteiger charge is -2.13. The van der Waals surface area contributed by atoms with Crippen molar-refractivity contribution in [2.75, 3.05) is 25.8 Å². The number of carbonyl (C=O) groups excluding carboxylic acids is 1. The van der Waals surface area contributed by atoms with Crippen LogP contribution in [0.1, 0.15) is 16.7 Å². The minimum Gasteiger partial charge on any atom is -0.493 e. The van der Waals surface area contributed by atoms with Crippen molar-refractivity contribution in [2.45, 2.75) is 20.0 Å². The fraction of sp³-hybridized carbons (Fsp3) is 0.240. The molecule has 1 heterocycles. The molecule has 3 aromatic rings. The lowest BCUT2D eigenvalue weighted by Crippen LogP contribution is -2.20. The molecule has 1 amide bonds. The molecule has 0 saturated heterocycles. The molecule has 166 valence electrons. The van der Waals surface area contributed by atoms with Crippen LogP contribution in [0.15, 0.2) is 60.7 Å². The zero-order chi connectivity index (χ0) is 22.3. The fourth-order valence-electron chi connectivity index (χ4n) is 3.32. The molecular weight excluding hydrogens is 408 g/mol. The summed E-state index contributed by atoms with van der Waals surface area (Å²) in [5.41, 5.74) is 4.02. The van der Waals surface area contributed by atoms with Gasteiger partial charge in [-0.1, -0.05) is 29.8 Å². The van der Waals surface area contributed by atoms with Crippen molar-refractivity contribution >= 4 is 11.6 Å². The summed E-state index contributed by atoms with van der Waals surface area (Å²) in [7, 11) is 1.58. The molecule has 0 aromatic heterocycles. The Morgan fingerprint density at radius 1 is 0.906 bits per heavy atom. The molecule has 4 rings (SSSR count). The minimum absolute atomic E-state index is 0.105. The maximum atomic E-state index is 12.2. The average Bonchev–Trinajstić information content (AvgIpc) is 3.27. The van der Waals surface area contributed by atoms with Gasteiger partial charge in [0.15, 0.2) is 29.6 Å². The van der Waals surface area contributed by atoms with Crippen LogP contribution >= 0.6 is 0 Å². The number of hydrogen-bond donors (Lipinski definition) is 2. The predicted octanol–water partition coefficient (Wildman–Crippen LogP) is 4.04. The minimum atomic E-state index is -0.231. The first-order valence-electron chi connectivity index (χ1n) is 10.4. The fourth-order valence-corrected chi connectivity index (χ4v) is 3.32. The van der Waals surface area contributed by atoms with Gasteiger partial charge in [0, 0.05) is 18.8 Å². The van der Waals surface area contributed by atoms with Gasteiger partial charge in [0.2, 0.25) is 6.79 Å². The van der Waals surface area contributed by atoms with Gasteiger partial charge in [-0.05, 0) is 54.4 Å². The number of methoxy groups -OCH3 is 1. The van der Waals surface area contributed by atoms with Crippen molar-refractivity contribution in [3.8, 4) is 23.0 Å². The number of fused-ring (bicyclic) bond motifs is 1. The number of anilines is 1. The van der Waals surface area contributed by atoms with Gasteiger partial charge in [0.05, 0.1) is 7.11 Å². The zero-order valence-corrected chi connectivity index (χ0v) is 18.1. The Balaban J connectivity index is 1.28. The monoisotopic (exact) mass is 434 g/mol. The summed E-state index contributed by atoms with van der Waals surface area (Å²) in [5, 5.41) is 6.22. The maximum Gasteiger partial charge on any atom is 0.262 e. The van der Waals surface area contributed by atoms with Crippen molar-refractivity contribution in [1.82, 2.24) is 5.32 Å². The Hall–Kier alpha value is -3.71. The second kappa shape index (κ2) is 10.1. The topological polar surface area (TPSA) is 78.1 Å². The van der Waals surface area contributed by atoms with Crippen molar-refractivity contribution in [1.29, 1.82) is 0 Å². The van der Waals surface area contributed by atoms with E-state index >= 15 is 0 Å². The Kier molecular flexibility index (Phi) is 6.77. The number of ether oxygens (including phenoxy) is 4. The van der Waals surface area contributed by atoms with E-state index in [-0.39, 0.29) is 19.3 Å². The SMILES string of the molecule is COc1cc(CNCc2ccc3c(c2)OCO3)ccc1OCC(=O)Nc1ccc(C)cc1. The van der Waals surface area contributed by atoms with E-state index in [1.807, 2.05) is 67.6 Å². The molecular formula is C25H26N2O5. The van der Waals surface area contributed by atoms with Crippen LogP contribution in [0.2, 0.25) is 0 Å². The average molecular weight is 434 g/mol. The number of rotatable bonds is 9. The molecule has 1 aliphatic heterocycles. The van der Waals surface area contributed by atoms with Crippen LogP contribution in [0.5, 0.6) is 23.0 Å². The summed E-state index contributed by atoms with van der Waals surface area (Å²) in [5.74, 6) is 2.42. The first kappa shape index (κ1) is 21.5. The molecule has 7 nitrogen and oxygen atoms in total. The molecule has 0 radical (unpaired) electrons. The lowest BCUT2D eigenvalue weighted by atomic mass is 10.1. The van der Waals surface area contributed by atoms with Gasteiger partial charge in [-0.15, -0.1) is 0 Å². The largest absolute Gasteiger partial charge is 0.493 e. The second-order valence-corrected chi connectivity index (χ2v) is 7.48. The number of carbonyl (C=O) groups is 1. The Morgan fingerprint density at radius 3 is 2.41 bits per heavy atom. The lowest BCUT2D eigenvalue weighted by molar-refractivity contribution is -0.118. The number of hydrogen-bond acceptors (Lipinski definition) is 6. The predicted molar refractivity (Wildman–Crippen MR) is 121 cm³/mol. The highest BCUT2D eigenvalue weighted by atomic mass is 16.7. The number of amides is 1. The second-order valence-electron chi connectivity index (χ2n) is 7.48. The third-order valence-electron chi connectivity index (χ3n) is 5.02. The van der Waals surface area contributed by atoms with E-state index in [1.165, 1.54) is 0 Å². The van der Waals surface area contributed by atoms with Crippen molar-refractivity contribution in [3.05, 3.63) is 77.4 Å². The Morgan fingerprint density at radius 2 is 1.62 bits per heavy atom. The van der Waals surface area contributed by atoms with Crippen LogP contribution in [-0.4, -0.2) is 26.4 Å². The van der Waals surface area contributed by atoms with Crippen LogP contribution in [-0.2, 0) is 17.9 Å². The van der Waals surface area contributed by atoms with E-state index in [0.717, 1.165) is 33.9 Å². The van der Waals surface area contributed by atoms with Crippen molar-refractivity contribution < 1.29 is 23.7 Å². The first-order chi connectivity index (χ1) is 15.6. The molecule has 7 heteroatoms. The molecule has 0 atom stereocenters. The van der Waals surface area contributed by atoms with E-state index in [2.05, 4.69) is 10.6 Å². The number of nitrogens with one attached hydrogen (secondary N) is 2. The Bertz CT molecular complexity index is 1080. The van der Waals surface area contributed by atoms with Gasteiger partial charge in [0.1, 0.15) is 0 Å². The molecule has 0 fully saturated rings. The van der Waals surface area contributed by atoms with Gasteiger partial charge in [-0.2, -0.15) is 0 Å². The van der Waals surface area contributed by atoms with E-state index in [9.17, 15) is 4.79 Å². The maximum absolute atomic E-state index is 12.2. The molecule has 32 heavy (non-hydrogen) atoms. The smallest absolute Gasteiger partial charge is 0.262 e. The van der Waals surface area contributed by atoms with Crippen LogP contribution in [0.25, 0.3) is 0 Å². The zero-order valence-electron chi connectivity index (χ0n) is 18.1. The third-order valence-corrected chi connectivity index (χ3v) is 5.02. The molecule has 2 N–H and O–H groups in total. The first-order valence-corrected chi connectivity index (χ1v) is 10.4. The summed E-state index contributed by atoms with van der Waals surface area (Å²) in [6.45, 7) is 3.51. The number of benzene rings is 3. The molecule has 0 saturated carbocycles. The quantitative estimate of drug-likeness (QED) is 0.529. The molecule has 3 aromatic carbocycles. The van der Waals surface area contributed by atoms with Gasteiger partial charge in [-0.25, -0.2) is 0 Å². The van der Waals surface area contributed by atoms with Crippen molar-refractivity contribution in [3.63, 3.8) is 0 Å². The van der Waals surface area contributed by atoms with E-state index in [0.29, 0.717) is 24.6 Å². The molecule has 1 aliphatic rings. The van der Waals surface area contributed by atoms with E-state index in [4.69, 9.17) is 18.9 Å². The molecule has 0 aliphatic carbocycles. The van der Waals surface area contributed by atoms with Crippen LogP contribution in [0, 0.1) is 6.92 Å². The highest BCUT2D eigenvalue weighted by Crippen LogP contribution is 2.32. The Labute approximate surface area is 187 Å². The molecule has 0 spiro atoms. The van der Waals surface area contributed by atoms with Crippen LogP contribution in [0.4, 0.5) is 5.69 Å². The van der Waals surface area contributed by atoms with Gasteiger partial charge in [0.25, 0.3) is 5.91 Å². The molecule has 0 bridgehead atoms. The highest BCUT2D eigenvalue weighted by Gasteiger charge is 2.13. The summed E-state index contributed by atoms with van der Waals surface area (Å²) in [6.07, 6.45) is 0. The summed E-state index contributed by atoms with van der Waals surface area (Å²) < 4.78 is 21.9.